The van der Waals surface area contributed by atoms with Crippen molar-refractivity contribution < 1.29 is 0 Å². The van der Waals surface area contributed by atoms with E-state index in [9.17, 15) is 0 Å². The van der Waals surface area contributed by atoms with Gasteiger partial charge in [-0.2, -0.15) is 0 Å². The maximum atomic E-state index is 5.74. The predicted octanol–water partition coefficient (Wildman–Crippen LogP) is 1.43. The van der Waals surface area contributed by atoms with E-state index in [0.29, 0.717) is 5.92 Å². The van der Waals surface area contributed by atoms with Gasteiger partial charge in [-0.1, -0.05) is 13.8 Å². The van der Waals surface area contributed by atoms with Crippen LogP contribution in [0, 0.1) is 6.92 Å². The number of aryl methyl sites for hydroxylation is 1. The van der Waals surface area contributed by atoms with E-state index in [1.165, 1.54) is 0 Å². The number of imidazole rings is 1. The van der Waals surface area contributed by atoms with Crippen LogP contribution in [0.15, 0.2) is 0 Å². The molecule has 0 amide bonds. The molecule has 2 N–H and O–H groups in total. The number of rotatable bonds is 1. The second-order valence-corrected chi connectivity index (χ2v) is 3.15. The summed E-state index contributed by atoms with van der Waals surface area (Å²) in [6.45, 7) is 6.16. The number of nitrogens with zero attached hydrogens (tertiary/aromatic N) is 2. The minimum absolute atomic E-state index is 0.441. The summed E-state index contributed by atoms with van der Waals surface area (Å²) in [5, 5.41) is 0. The van der Waals surface area contributed by atoms with Gasteiger partial charge >= 0.3 is 0 Å². The molecule has 3 heteroatoms. The highest BCUT2D eigenvalue weighted by Crippen LogP contribution is 2.17. The molecule has 11 heavy (non-hydrogen) atoms. The quantitative estimate of drug-likeness (QED) is 0.663. The third kappa shape index (κ3) is 1.23. The molecule has 0 aliphatic carbocycles. The number of aromatic nitrogens is 2. The first-order valence-electron chi connectivity index (χ1n) is 3.82. The monoisotopic (exact) mass is 153 g/mol. The van der Waals surface area contributed by atoms with Gasteiger partial charge in [0.25, 0.3) is 0 Å². The molecule has 0 unspecified atom stereocenters. The SMILES string of the molecule is Cc1nc(C(C)C)n(C)c1N. The molecule has 62 valence electrons. The Morgan fingerprint density at radius 1 is 1.45 bits per heavy atom. The van der Waals surface area contributed by atoms with E-state index < -0.39 is 0 Å². The molecule has 0 aliphatic heterocycles. The fraction of sp³-hybridized carbons (Fsp3) is 0.625. The lowest BCUT2D eigenvalue weighted by molar-refractivity contribution is 0.714. The molecule has 0 aliphatic rings. The smallest absolute Gasteiger partial charge is 0.126 e. The first-order valence-corrected chi connectivity index (χ1v) is 3.82. The molecule has 1 aromatic rings. The lowest BCUT2D eigenvalue weighted by atomic mass is 10.2. The summed E-state index contributed by atoms with van der Waals surface area (Å²) >= 11 is 0. The Hall–Kier alpha value is -0.990. The van der Waals surface area contributed by atoms with E-state index in [1.807, 2.05) is 18.5 Å². The second kappa shape index (κ2) is 2.57. The predicted molar refractivity (Wildman–Crippen MR) is 46.4 cm³/mol. The van der Waals surface area contributed by atoms with Crippen LogP contribution in [0.25, 0.3) is 0 Å². The molecule has 0 atom stereocenters. The largest absolute Gasteiger partial charge is 0.384 e. The van der Waals surface area contributed by atoms with Gasteiger partial charge in [0.05, 0.1) is 5.69 Å². The molecule has 0 saturated heterocycles. The summed E-state index contributed by atoms with van der Waals surface area (Å²) in [7, 11) is 1.95. The molecular weight excluding hydrogens is 138 g/mol. The Morgan fingerprint density at radius 3 is 2.18 bits per heavy atom. The number of hydrogen-bond acceptors (Lipinski definition) is 2. The van der Waals surface area contributed by atoms with Gasteiger partial charge in [-0.3, -0.25) is 0 Å². The van der Waals surface area contributed by atoms with Crippen molar-refractivity contribution in [3.8, 4) is 0 Å². The van der Waals surface area contributed by atoms with Crippen LogP contribution in [-0.4, -0.2) is 9.55 Å². The van der Waals surface area contributed by atoms with E-state index in [-0.39, 0.29) is 0 Å². The van der Waals surface area contributed by atoms with E-state index in [4.69, 9.17) is 5.73 Å². The Kier molecular flexibility index (Phi) is 1.89. The third-order valence-electron chi connectivity index (χ3n) is 1.87. The lowest BCUT2D eigenvalue weighted by Crippen LogP contribution is -2.02. The van der Waals surface area contributed by atoms with Crippen molar-refractivity contribution in [3.63, 3.8) is 0 Å². The van der Waals surface area contributed by atoms with Crippen molar-refractivity contribution in [1.82, 2.24) is 9.55 Å². The summed E-state index contributed by atoms with van der Waals surface area (Å²) in [4.78, 5) is 4.35. The van der Waals surface area contributed by atoms with Crippen LogP contribution in [-0.2, 0) is 7.05 Å². The van der Waals surface area contributed by atoms with E-state index in [0.717, 1.165) is 17.3 Å². The van der Waals surface area contributed by atoms with Crippen molar-refractivity contribution in [2.45, 2.75) is 26.7 Å². The van der Waals surface area contributed by atoms with Crippen LogP contribution in [0.2, 0.25) is 0 Å². The number of nitrogen functional groups attached to an aromatic ring is 1. The van der Waals surface area contributed by atoms with Gasteiger partial charge in [0.2, 0.25) is 0 Å². The van der Waals surface area contributed by atoms with Crippen LogP contribution < -0.4 is 5.73 Å². The Morgan fingerprint density at radius 2 is 2.00 bits per heavy atom. The molecule has 0 fully saturated rings. The van der Waals surface area contributed by atoms with Gasteiger partial charge in [-0.25, -0.2) is 4.98 Å². The van der Waals surface area contributed by atoms with Crippen molar-refractivity contribution in [2.24, 2.45) is 7.05 Å². The first-order chi connectivity index (χ1) is 5.04. The average molecular weight is 153 g/mol. The fourth-order valence-corrected chi connectivity index (χ4v) is 1.19. The van der Waals surface area contributed by atoms with Crippen LogP contribution in [0.1, 0.15) is 31.3 Å². The second-order valence-electron chi connectivity index (χ2n) is 3.15. The van der Waals surface area contributed by atoms with Crippen LogP contribution in [0.4, 0.5) is 5.82 Å². The summed E-state index contributed by atoms with van der Waals surface area (Å²) < 4.78 is 1.94. The van der Waals surface area contributed by atoms with Gasteiger partial charge in [0.1, 0.15) is 11.6 Å². The number of nitrogens with two attached hydrogens (primary N) is 1. The Balaban J connectivity index is 3.19. The van der Waals surface area contributed by atoms with Crippen LogP contribution >= 0.6 is 0 Å². The van der Waals surface area contributed by atoms with Gasteiger partial charge in [-0.05, 0) is 6.92 Å². The maximum Gasteiger partial charge on any atom is 0.126 e. The van der Waals surface area contributed by atoms with E-state index in [2.05, 4.69) is 18.8 Å². The van der Waals surface area contributed by atoms with Gasteiger partial charge in [0.15, 0.2) is 0 Å². The highest BCUT2D eigenvalue weighted by atomic mass is 15.1. The third-order valence-corrected chi connectivity index (χ3v) is 1.87. The van der Waals surface area contributed by atoms with Crippen LogP contribution in [0.5, 0.6) is 0 Å². The summed E-state index contributed by atoms with van der Waals surface area (Å²) in [5.41, 5.74) is 6.67. The zero-order valence-electron chi connectivity index (χ0n) is 7.55. The van der Waals surface area contributed by atoms with E-state index in [1.54, 1.807) is 0 Å². The average Bonchev–Trinajstić information content (AvgIpc) is 2.17. The normalized spacial score (nSPS) is 11.0. The molecule has 1 rings (SSSR count). The van der Waals surface area contributed by atoms with Crippen molar-refractivity contribution in [1.29, 1.82) is 0 Å². The summed E-state index contributed by atoms with van der Waals surface area (Å²) in [5.74, 6) is 2.27. The summed E-state index contributed by atoms with van der Waals surface area (Å²) in [6.07, 6.45) is 0. The maximum absolute atomic E-state index is 5.74. The number of hydrogen-bond donors (Lipinski definition) is 1. The molecule has 1 heterocycles. The molecule has 3 nitrogen and oxygen atoms in total. The highest BCUT2D eigenvalue weighted by molar-refractivity contribution is 5.37. The molecule has 0 saturated carbocycles. The Bertz CT molecular complexity index is 261. The van der Waals surface area contributed by atoms with Crippen molar-refractivity contribution >= 4 is 5.82 Å². The zero-order valence-corrected chi connectivity index (χ0v) is 7.55. The van der Waals surface area contributed by atoms with Crippen molar-refractivity contribution in [3.05, 3.63) is 11.5 Å². The molecule has 0 radical (unpaired) electrons. The topological polar surface area (TPSA) is 43.8 Å². The first kappa shape index (κ1) is 8.11. The zero-order chi connectivity index (χ0) is 8.59. The van der Waals surface area contributed by atoms with Gasteiger partial charge in [0, 0.05) is 13.0 Å². The fourth-order valence-electron chi connectivity index (χ4n) is 1.19. The minimum atomic E-state index is 0.441. The lowest BCUT2D eigenvalue weighted by Gasteiger charge is -2.04. The molecule has 0 aromatic carbocycles. The molecule has 1 aromatic heterocycles. The van der Waals surface area contributed by atoms with Gasteiger partial charge in [-0.15, -0.1) is 0 Å². The highest BCUT2D eigenvalue weighted by Gasteiger charge is 2.10. The van der Waals surface area contributed by atoms with Gasteiger partial charge < -0.3 is 10.3 Å². The molecule has 0 bridgehead atoms. The van der Waals surface area contributed by atoms with Crippen LogP contribution in [0.3, 0.4) is 0 Å². The standard InChI is InChI=1S/C8H15N3/c1-5(2)8-10-6(3)7(9)11(8)4/h5H,9H2,1-4H3. The molecular formula is C8H15N3. The Labute approximate surface area is 67.2 Å². The van der Waals surface area contributed by atoms with Crippen molar-refractivity contribution in [2.75, 3.05) is 5.73 Å². The molecule has 0 spiro atoms. The summed E-state index contributed by atoms with van der Waals surface area (Å²) in [6, 6.07) is 0. The minimum Gasteiger partial charge on any atom is -0.384 e. The van der Waals surface area contributed by atoms with E-state index >= 15 is 0 Å². The number of anilines is 1.